The summed E-state index contributed by atoms with van der Waals surface area (Å²) in [6.07, 6.45) is 0.870. The molecule has 0 fully saturated rings. The molecule has 0 atom stereocenters. The molecule has 0 aromatic carbocycles. The number of carbonyl (C=O) groups excluding carboxylic acids is 1. The lowest BCUT2D eigenvalue weighted by Gasteiger charge is -2.15. The zero-order valence-corrected chi connectivity index (χ0v) is 8.37. The van der Waals surface area contributed by atoms with Crippen LogP contribution in [-0.4, -0.2) is 24.1 Å². The van der Waals surface area contributed by atoms with E-state index in [-0.39, 0.29) is 5.97 Å². The van der Waals surface area contributed by atoms with Gasteiger partial charge in [-0.15, -0.1) is 0 Å². The number of carbonyl (C=O) groups is 1. The topological polar surface area (TPSA) is 26.3 Å². The molecule has 0 spiro atoms. The van der Waals surface area contributed by atoms with Crippen molar-refractivity contribution in [1.29, 1.82) is 0 Å². The van der Waals surface area contributed by atoms with Gasteiger partial charge in [0.05, 0.1) is 6.61 Å². The highest BCUT2D eigenvalue weighted by atomic mass is 32.2. The number of hydrogen-bond donors (Lipinski definition) is 0. The van der Waals surface area contributed by atoms with E-state index in [0.717, 1.165) is 23.5 Å². The van der Waals surface area contributed by atoms with E-state index in [4.69, 9.17) is 4.74 Å². The molecule has 1 aliphatic rings. The van der Waals surface area contributed by atoms with Gasteiger partial charge in [-0.3, -0.25) is 0 Å². The average Bonchev–Trinajstić information content (AvgIpc) is 2.05. The number of esters is 1. The summed E-state index contributed by atoms with van der Waals surface area (Å²) in [6, 6.07) is 0. The molecule has 12 heavy (non-hydrogen) atoms. The van der Waals surface area contributed by atoms with Gasteiger partial charge in [0.15, 0.2) is 0 Å². The van der Waals surface area contributed by atoms with Crippen LogP contribution in [0.1, 0.15) is 20.3 Å². The highest BCUT2D eigenvalue weighted by Crippen LogP contribution is 2.23. The molecule has 0 amide bonds. The van der Waals surface area contributed by atoms with Gasteiger partial charge in [0.1, 0.15) is 0 Å². The maximum absolute atomic E-state index is 11.3. The highest BCUT2D eigenvalue weighted by molar-refractivity contribution is 7.99. The summed E-state index contributed by atoms with van der Waals surface area (Å²) in [5.41, 5.74) is 2.08. The zero-order valence-electron chi connectivity index (χ0n) is 7.55. The molecule has 1 rings (SSSR count). The molecule has 1 aliphatic heterocycles. The van der Waals surface area contributed by atoms with Gasteiger partial charge < -0.3 is 4.74 Å². The van der Waals surface area contributed by atoms with E-state index < -0.39 is 0 Å². The van der Waals surface area contributed by atoms with Gasteiger partial charge in [-0.2, -0.15) is 11.8 Å². The van der Waals surface area contributed by atoms with Crippen molar-refractivity contribution in [1.82, 2.24) is 0 Å². The van der Waals surface area contributed by atoms with Gasteiger partial charge in [-0.05, 0) is 26.0 Å². The predicted octanol–water partition coefficient (Wildman–Crippen LogP) is 2.00. The van der Waals surface area contributed by atoms with E-state index in [2.05, 4.69) is 0 Å². The second kappa shape index (κ2) is 4.55. The summed E-state index contributed by atoms with van der Waals surface area (Å²) in [6.45, 7) is 4.33. The largest absolute Gasteiger partial charge is 0.463 e. The molecule has 68 valence electrons. The van der Waals surface area contributed by atoms with Crippen LogP contribution in [0.4, 0.5) is 0 Å². The Hall–Kier alpha value is -0.440. The number of thioether (sulfide) groups is 1. The minimum atomic E-state index is -0.115. The van der Waals surface area contributed by atoms with Crippen LogP contribution in [0, 0.1) is 0 Å². The Labute approximate surface area is 77.4 Å². The van der Waals surface area contributed by atoms with Gasteiger partial charge >= 0.3 is 5.97 Å². The maximum Gasteiger partial charge on any atom is 0.333 e. The third kappa shape index (κ3) is 2.27. The first kappa shape index (κ1) is 9.65. The third-order valence-corrected chi connectivity index (χ3v) is 2.98. The van der Waals surface area contributed by atoms with E-state index in [9.17, 15) is 4.79 Å². The van der Waals surface area contributed by atoms with E-state index >= 15 is 0 Å². The molecule has 0 saturated carbocycles. The SMILES string of the molecule is CCOC(=O)C1=C(C)CSCC1. The van der Waals surface area contributed by atoms with Crippen LogP contribution in [0.25, 0.3) is 0 Å². The van der Waals surface area contributed by atoms with Crippen molar-refractivity contribution in [2.75, 3.05) is 18.1 Å². The van der Waals surface area contributed by atoms with Crippen LogP contribution >= 0.6 is 11.8 Å². The van der Waals surface area contributed by atoms with Crippen LogP contribution in [0.5, 0.6) is 0 Å². The average molecular weight is 186 g/mol. The van der Waals surface area contributed by atoms with Crippen molar-refractivity contribution in [3.8, 4) is 0 Å². The summed E-state index contributed by atoms with van der Waals surface area (Å²) in [4.78, 5) is 11.3. The van der Waals surface area contributed by atoms with Crippen LogP contribution in [0.3, 0.4) is 0 Å². The van der Waals surface area contributed by atoms with Crippen molar-refractivity contribution >= 4 is 17.7 Å². The van der Waals surface area contributed by atoms with Crippen molar-refractivity contribution in [3.05, 3.63) is 11.1 Å². The smallest absolute Gasteiger partial charge is 0.333 e. The van der Waals surface area contributed by atoms with Crippen LogP contribution < -0.4 is 0 Å². The van der Waals surface area contributed by atoms with E-state index in [1.54, 1.807) is 0 Å². The molecule has 0 aromatic heterocycles. The minimum absolute atomic E-state index is 0.115. The molecule has 0 aromatic rings. The van der Waals surface area contributed by atoms with E-state index in [1.807, 2.05) is 25.6 Å². The molecule has 0 unspecified atom stereocenters. The molecule has 1 heterocycles. The molecule has 0 aliphatic carbocycles. The molecule has 0 saturated heterocycles. The van der Waals surface area contributed by atoms with Crippen molar-refractivity contribution in [3.63, 3.8) is 0 Å². The number of rotatable bonds is 2. The van der Waals surface area contributed by atoms with Crippen molar-refractivity contribution in [2.45, 2.75) is 20.3 Å². The van der Waals surface area contributed by atoms with Gasteiger partial charge in [0.2, 0.25) is 0 Å². The van der Waals surface area contributed by atoms with E-state index in [0.29, 0.717) is 6.61 Å². The van der Waals surface area contributed by atoms with Gasteiger partial charge in [-0.1, -0.05) is 5.57 Å². The first-order valence-corrected chi connectivity index (χ1v) is 5.34. The third-order valence-electron chi connectivity index (χ3n) is 1.85. The Balaban J connectivity index is 2.64. The monoisotopic (exact) mass is 186 g/mol. The van der Waals surface area contributed by atoms with Crippen LogP contribution in [-0.2, 0) is 9.53 Å². The first-order chi connectivity index (χ1) is 5.75. The molecule has 0 radical (unpaired) electrons. The van der Waals surface area contributed by atoms with Crippen LogP contribution in [0.15, 0.2) is 11.1 Å². The maximum atomic E-state index is 11.3. The highest BCUT2D eigenvalue weighted by Gasteiger charge is 2.17. The fourth-order valence-electron chi connectivity index (χ4n) is 1.19. The second-order valence-electron chi connectivity index (χ2n) is 2.78. The second-order valence-corrected chi connectivity index (χ2v) is 3.89. The normalized spacial score (nSPS) is 17.8. The zero-order chi connectivity index (χ0) is 8.97. The van der Waals surface area contributed by atoms with Gasteiger partial charge in [0, 0.05) is 11.3 Å². The van der Waals surface area contributed by atoms with Crippen molar-refractivity contribution < 1.29 is 9.53 Å². The number of ether oxygens (including phenoxy) is 1. The first-order valence-electron chi connectivity index (χ1n) is 4.19. The lowest BCUT2D eigenvalue weighted by molar-refractivity contribution is -0.138. The molecule has 2 nitrogen and oxygen atoms in total. The molecular formula is C9H14O2S. The summed E-state index contributed by atoms with van der Waals surface area (Å²) in [5, 5.41) is 0. The standard InChI is InChI=1S/C9H14O2S/c1-3-11-9(10)8-4-5-12-6-7(8)2/h3-6H2,1-2H3. The quantitative estimate of drug-likeness (QED) is 0.617. The lowest BCUT2D eigenvalue weighted by atomic mass is 10.1. The predicted molar refractivity (Wildman–Crippen MR) is 51.3 cm³/mol. The lowest BCUT2D eigenvalue weighted by Crippen LogP contribution is -2.14. The summed E-state index contributed by atoms with van der Waals surface area (Å²) >= 11 is 1.88. The van der Waals surface area contributed by atoms with Gasteiger partial charge in [-0.25, -0.2) is 4.79 Å². The number of hydrogen-bond acceptors (Lipinski definition) is 3. The molecule has 0 N–H and O–H groups in total. The molecule has 0 bridgehead atoms. The summed E-state index contributed by atoms with van der Waals surface area (Å²) < 4.78 is 4.95. The fourth-order valence-corrected chi connectivity index (χ4v) is 2.17. The Morgan fingerprint density at radius 2 is 2.42 bits per heavy atom. The minimum Gasteiger partial charge on any atom is -0.463 e. The Morgan fingerprint density at radius 1 is 1.67 bits per heavy atom. The fraction of sp³-hybridized carbons (Fsp3) is 0.667. The van der Waals surface area contributed by atoms with Crippen LogP contribution in [0.2, 0.25) is 0 Å². The molecular weight excluding hydrogens is 172 g/mol. The van der Waals surface area contributed by atoms with Crippen molar-refractivity contribution in [2.24, 2.45) is 0 Å². The Kier molecular flexibility index (Phi) is 3.66. The van der Waals surface area contributed by atoms with Gasteiger partial charge in [0.25, 0.3) is 0 Å². The van der Waals surface area contributed by atoms with E-state index in [1.165, 1.54) is 5.57 Å². The summed E-state index contributed by atoms with van der Waals surface area (Å²) in [7, 11) is 0. The summed E-state index contributed by atoms with van der Waals surface area (Å²) in [5.74, 6) is 1.91. The Morgan fingerprint density at radius 3 is 3.00 bits per heavy atom. The molecule has 3 heteroatoms. The Bertz CT molecular complexity index is 209.